The first-order valence-electron chi connectivity index (χ1n) is 5.44. The maximum atomic E-state index is 11.6. The summed E-state index contributed by atoms with van der Waals surface area (Å²) in [5.74, 6) is 0. The largest absolute Gasteiger partial charge is 0.341 e. The van der Waals surface area contributed by atoms with E-state index in [4.69, 9.17) is 0 Å². The maximum Gasteiger partial charge on any atom is 0.317 e. The Bertz CT molecular complexity index is 196. The zero-order valence-electron chi connectivity index (χ0n) is 9.34. The number of carbonyl (C=O) groups excluding carboxylic acids is 1. The Balaban J connectivity index is 2.60. The lowest BCUT2D eigenvalue weighted by molar-refractivity contribution is 0.138. The van der Waals surface area contributed by atoms with Gasteiger partial charge in [-0.25, -0.2) is 4.79 Å². The van der Waals surface area contributed by atoms with Crippen molar-refractivity contribution in [2.45, 2.75) is 38.8 Å². The Morgan fingerprint density at radius 1 is 1.50 bits per heavy atom. The van der Waals surface area contributed by atoms with Gasteiger partial charge in [0.25, 0.3) is 0 Å². The van der Waals surface area contributed by atoms with Crippen molar-refractivity contribution in [2.24, 2.45) is 0 Å². The Hall–Kier alpha value is -0.770. The van der Waals surface area contributed by atoms with Gasteiger partial charge in [-0.1, -0.05) is 13.8 Å². The Morgan fingerprint density at radius 3 is 2.71 bits per heavy atom. The number of carbonyl (C=O) groups is 1. The molecule has 2 unspecified atom stereocenters. The second-order valence-corrected chi connectivity index (χ2v) is 3.78. The molecular weight excluding hydrogens is 178 g/mol. The van der Waals surface area contributed by atoms with Gasteiger partial charge in [0.2, 0.25) is 0 Å². The molecule has 1 heterocycles. The maximum absolute atomic E-state index is 11.6. The lowest BCUT2D eigenvalue weighted by atomic mass is 10.1. The number of amides is 2. The van der Waals surface area contributed by atoms with E-state index >= 15 is 0 Å². The van der Waals surface area contributed by atoms with Crippen molar-refractivity contribution >= 4 is 6.03 Å². The molecule has 82 valence electrons. The molecule has 0 spiro atoms. The highest BCUT2D eigenvalue weighted by Gasteiger charge is 2.28. The summed E-state index contributed by atoms with van der Waals surface area (Å²) in [7, 11) is 1.69. The number of hydrogen-bond acceptors (Lipinski definition) is 2. The van der Waals surface area contributed by atoms with Crippen LogP contribution >= 0.6 is 0 Å². The zero-order valence-corrected chi connectivity index (χ0v) is 9.34. The minimum Gasteiger partial charge on any atom is -0.341 e. The quantitative estimate of drug-likeness (QED) is 0.690. The van der Waals surface area contributed by atoms with Gasteiger partial charge in [-0.3, -0.25) is 0 Å². The summed E-state index contributed by atoms with van der Waals surface area (Å²) in [5.41, 5.74) is 0. The van der Waals surface area contributed by atoms with E-state index in [0.717, 1.165) is 25.9 Å². The van der Waals surface area contributed by atoms with E-state index < -0.39 is 0 Å². The molecule has 2 amide bonds. The SMILES string of the molecule is CCC1CN(C(=O)NC)C(CC)CN1. The van der Waals surface area contributed by atoms with Crippen LogP contribution in [0.2, 0.25) is 0 Å². The molecule has 4 heteroatoms. The summed E-state index contributed by atoms with van der Waals surface area (Å²) < 4.78 is 0. The van der Waals surface area contributed by atoms with Crippen LogP contribution in [-0.2, 0) is 0 Å². The number of urea groups is 1. The van der Waals surface area contributed by atoms with E-state index in [2.05, 4.69) is 24.5 Å². The van der Waals surface area contributed by atoms with E-state index in [9.17, 15) is 4.79 Å². The number of piperazine rings is 1. The van der Waals surface area contributed by atoms with Gasteiger partial charge in [-0.15, -0.1) is 0 Å². The van der Waals surface area contributed by atoms with E-state index in [-0.39, 0.29) is 6.03 Å². The summed E-state index contributed by atoms with van der Waals surface area (Å²) in [6.07, 6.45) is 2.08. The van der Waals surface area contributed by atoms with Crippen molar-refractivity contribution in [3.63, 3.8) is 0 Å². The fourth-order valence-corrected chi connectivity index (χ4v) is 1.89. The van der Waals surface area contributed by atoms with Crippen LogP contribution in [0.4, 0.5) is 4.79 Å². The predicted octanol–water partition coefficient (Wildman–Crippen LogP) is 0.788. The molecule has 0 aromatic rings. The van der Waals surface area contributed by atoms with Crippen molar-refractivity contribution in [2.75, 3.05) is 20.1 Å². The van der Waals surface area contributed by atoms with Crippen LogP contribution in [0.1, 0.15) is 26.7 Å². The topological polar surface area (TPSA) is 44.4 Å². The highest BCUT2D eigenvalue weighted by atomic mass is 16.2. The fourth-order valence-electron chi connectivity index (χ4n) is 1.89. The van der Waals surface area contributed by atoms with E-state index in [1.54, 1.807) is 7.05 Å². The third-order valence-electron chi connectivity index (χ3n) is 2.94. The second kappa shape index (κ2) is 5.20. The fraction of sp³-hybridized carbons (Fsp3) is 0.900. The molecule has 0 aromatic heterocycles. The van der Waals surface area contributed by atoms with Gasteiger partial charge in [0.05, 0.1) is 0 Å². The average molecular weight is 199 g/mol. The molecule has 0 saturated carbocycles. The molecule has 1 aliphatic heterocycles. The molecule has 1 rings (SSSR count). The average Bonchev–Trinajstić information content (AvgIpc) is 2.27. The minimum atomic E-state index is 0.0526. The number of rotatable bonds is 2. The highest BCUT2D eigenvalue weighted by molar-refractivity contribution is 5.74. The molecule has 2 atom stereocenters. The molecule has 0 radical (unpaired) electrons. The molecule has 14 heavy (non-hydrogen) atoms. The van der Waals surface area contributed by atoms with Crippen LogP contribution in [0.15, 0.2) is 0 Å². The number of nitrogens with one attached hydrogen (secondary N) is 2. The Labute approximate surface area is 86.0 Å². The van der Waals surface area contributed by atoms with Crippen LogP contribution in [-0.4, -0.2) is 43.2 Å². The standard InChI is InChI=1S/C10H21N3O/c1-4-8-7-13(10(14)11-3)9(5-2)6-12-8/h8-9,12H,4-7H2,1-3H3,(H,11,14). The summed E-state index contributed by atoms with van der Waals surface area (Å²) in [6.45, 7) is 6.01. The van der Waals surface area contributed by atoms with Crippen LogP contribution in [0.25, 0.3) is 0 Å². The van der Waals surface area contributed by atoms with Gasteiger partial charge in [-0.2, -0.15) is 0 Å². The first-order chi connectivity index (χ1) is 6.72. The number of hydrogen-bond donors (Lipinski definition) is 2. The van der Waals surface area contributed by atoms with Crippen molar-refractivity contribution in [1.29, 1.82) is 0 Å². The number of nitrogens with zero attached hydrogens (tertiary/aromatic N) is 1. The Morgan fingerprint density at radius 2 is 2.21 bits per heavy atom. The van der Waals surface area contributed by atoms with Crippen molar-refractivity contribution < 1.29 is 4.79 Å². The summed E-state index contributed by atoms with van der Waals surface area (Å²) >= 11 is 0. The molecule has 1 aliphatic rings. The van der Waals surface area contributed by atoms with Crippen LogP contribution in [0.5, 0.6) is 0 Å². The van der Waals surface area contributed by atoms with Crippen LogP contribution in [0, 0.1) is 0 Å². The monoisotopic (exact) mass is 199 g/mol. The van der Waals surface area contributed by atoms with Crippen LogP contribution < -0.4 is 10.6 Å². The second-order valence-electron chi connectivity index (χ2n) is 3.78. The first-order valence-corrected chi connectivity index (χ1v) is 5.44. The molecular formula is C10H21N3O. The molecule has 0 aromatic carbocycles. The van der Waals surface area contributed by atoms with Gasteiger partial charge in [0.15, 0.2) is 0 Å². The molecule has 1 fully saturated rings. The normalized spacial score (nSPS) is 27.5. The highest BCUT2D eigenvalue weighted by Crippen LogP contribution is 2.11. The van der Waals surface area contributed by atoms with Crippen molar-refractivity contribution in [3.05, 3.63) is 0 Å². The van der Waals surface area contributed by atoms with E-state index in [1.165, 1.54) is 0 Å². The smallest absolute Gasteiger partial charge is 0.317 e. The lowest BCUT2D eigenvalue weighted by Crippen LogP contribution is -2.59. The zero-order chi connectivity index (χ0) is 10.6. The third-order valence-corrected chi connectivity index (χ3v) is 2.94. The molecule has 0 aliphatic carbocycles. The first kappa shape index (κ1) is 11.3. The van der Waals surface area contributed by atoms with Crippen molar-refractivity contribution in [3.8, 4) is 0 Å². The van der Waals surface area contributed by atoms with Gasteiger partial charge in [0, 0.05) is 32.2 Å². The minimum absolute atomic E-state index is 0.0526. The molecule has 2 N–H and O–H groups in total. The van der Waals surface area contributed by atoms with Crippen LogP contribution in [0.3, 0.4) is 0 Å². The molecule has 1 saturated heterocycles. The van der Waals surface area contributed by atoms with E-state index in [1.807, 2.05) is 4.90 Å². The molecule has 4 nitrogen and oxygen atoms in total. The Kier molecular flexibility index (Phi) is 4.20. The van der Waals surface area contributed by atoms with Crippen molar-refractivity contribution in [1.82, 2.24) is 15.5 Å². The predicted molar refractivity (Wildman–Crippen MR) is 57.3 cm³/mol. The van der Waals surface area contributed by atoms with Gasteiger partial charge >= 0.3 is 6.03 Å². The van der Waals surface area contributed by atoms with Gasteiger partial charge in [-0.05, 0) is 12.8 Å². The summed E-state index contributed by atoms with van der Waals surface area (Å²) in [4.78, 5) is 13.5. The van der Waals surface area contributed by atoms with E-state index in [0.29, 0.717) is 12.1 Å². The summed E-state index contributed by atoms with van der Waals surface area (Å²) in [5, 5.41) is 6.16. The lowest BCUT2D eigenvalue weighted by Gasteiger charge is -2.39. The molecule has 0 bridgehead atoms. The van der Waals surface area contributed by atoms with Gasteiger partial charge < -0.3 is 15.5 Å². The van der Waals surface area contributed by atoms with Gasteiger partial charge in [0.1, 0.15) is 0 Å². The summed E-state index contributed by atoms with van der Waals surface area (Å²) in [6, 6.07) is 0.852. The third kappa shape index (κ3) is 2.38.